The van der Waals surface area contributed by atoms with Crippen LogP contribution in [0.1, 0.15) is 18.9 Å². The minimum atomic E-state index is 0.353. The van der Waals surface area contributed by atoms with E-state index >= 15 is 0 Å². The molecule has 1 N–H and O–H groups in total. The topological polar surface area (TPSA) is 30.5 Å². The van der Waals surface area contributed by atoms with Gasteiger partial charge in [0.25, 0.3) is 0 Å². The summed E-state index contributed by atoms with van der Waals surface area (Å²) < 4.78 is 10.6. The fourth-order valence-corrected chi connectivity index (χ4v) is 1.62. The highest BCUT2D eigenvalue weighted by Gasteiger charge is 2.13. The zero-order valence-corrected chi connectivity index (χ0v) is 9.25. The van der Waals surface area contributed by atoms with Crippen molar-refractivity contribution < 1.29 is 9.47 Å². The van der Waals surface area contributed by atoms with Crippen LogP contribution in [0.5, 0.6) is 11.5 Å². The van der Waals surface area contributed by atoms with Crippen LogP contribution in [0.4, 0.5) is 0 Å². The van der Waals surface area contributed by atoms with Crippen molar-refractivity contribution in [2.45, 2.75) is 25.8 Å². The van der Waals surface area contributed by atoms with Gasteiger partial charge in [-0.3, -0.25) is 0 Å². The SMILES string of the molecule is CN[C@@H](C)CCc1ccc2c(c1)OCO2. The second-order valence-corrected chi connectivity index (χ2v) is 3.92. The Hall–Kier alpha value is -1.22. The third-order valence-electron chi connectivity index (χ3n) is 2.80. The molecule has 3 heteroatoms. The molecule has 0 saturated carbocycles. The first-order valence-electron chi connectivity index (χ1n) is 5.35. The Morgan fingerprint density at radius 2 is 2.13 bits per heavy atom. The van der Waals surface area contributed by atoms with Crippen LogP contribution in [0.25, 0.3) is 0 Å². The third-order valence-corrected chi connectivity index (χ3v) is 2.80. The standard InChI is InChI=1S/C12H17NO2/c1-9(13-2)3-4-10-5-6-11-12(7-10)15-8-14-11/h5-7,9,13H,3-4,8H2,1-2H3/t9-/m0/s1. The number of ether oxygens (including phenoxy) is 2. The maximum absolute atomic E-state index is 5.33. The predicted molar refractivity (Wildman–Crippen MR) is 59.4 cm³/mol. The average molecular weight is 207 g/mol. The molecule has 1 aliphatic rings. The molecule has 0 radical (unpaired) electrons. The number of fused-ring (bicyclic) bond motifs is 1. The fraction of sp³-hybridized carbons (Fsp3) is 0.500. The highest BCUT2D eigenvalue weighted by Crippen LogP contribution is 2.32. The van der Waals surface area contributed by atoms with Gasteiger partial charge in [-0.15, -0.1) is 0 Å². The summed E-state index contributed by atoms with van der Waals surface area (Å²) in [6.45, 7) is 2.54. The predicted octanol–water partition coefficient (Wildman–Crippen LogP) is 1.96. The van der Waals surface area contributed by atoms with Gasteiger partial charge in [-0.2, -0.15) is 0 Å². The molecular formula is C12H17NO2. The lowest BCUT2D eigenvalue weighted by atomic mass is 10.1. The first-order valence-corrected chi connectivity index (χ1v) is 5.35. The van der Waals surface area contributed by atoms with Crippen LogP contribution in [-0.2, 0) is 6.42 Å². The van der Waals surface area contributed by atoms with Gasteiger partial charge in [0.1, 0.15) is 0 Å². The molecule has 1 aliphatic heterocycles. The molecule has 1 aromatic carbocycles. The van der Waals surface area contributed by atoms with Crippen molar-refractivity contribution in [1.82, 2.24) is 5.32 Å². The molecule has 2 rings (SSSR count). The van der Waals surface area contributed by atoms with Crippen LogP contribution in [0.2, 0.25) is 0 Å². The van der Waals surface area contributed by atoms with Crippen LogP contribution in [-0.4, -0.2) is 19.9 Å². The highest BCUT2D eigenvalue weighted by atomic mass is 16.7. The maximum Gasteiger partial charge on any atom is 0.231 e. The van der Waals surface area contributed by atoms with E-state index < -0.39 is 0 Å². The van der Waals surface area contributed by atoms with Gasteiger partial charge in [0.2, 0.25) is 6.79 Å². The van der Waals surface area contributed by atoms with E-state index in [9.17, 15) is 0 Å². The molecule has 0 saturated heterocycles. The van der Waals surface area contributed by atoms with E-state index in [0.29, 0.717) is 12.8 Å². The monoisotopic (exact) mass is 207 g/mol. The first kappa shape index (κ1) is 10.3. The largest absolute Gasteiger partial charge is 0.454 e. The smallest absolute Gasteiger partial charge is 0.231 e. The summed E-state index contributed by atoms with van der Waals surface area (Å²) in [5, 5.41) is 3.23. The molecule has 0 amide bonds. The van der Waals surface area contributed by atoms with Gasteiger partial charge in [-0.25, -0.2) is 0 Å². The van der Waals surface area contributed by atoms with Crippen molar-refractivity contribution in [2.75, 3.05) is 13.8 Å². The summed E-state index contributed by atoms with van der Waals surface area (Å²) in [4.78, 5) is 0. The summed E-state index contributed by atoms with van der Waals surface area (Å²) in [6.07, 6.45) is 2.20. The number of hydrogen-bond donors (Lipinski definition) is 1. The molecule has 3 nitrogen and oxygen atoms in total. The Bertz CT molecular complexity index is 338. The molecule has 82 valence electrons. The molecule has 15 heavy (non-hydrogen) atoms. The molecule has 1 aromatic rings. The number of rotatable bonds is 4. The van der Waals surface area contributed by atoms with E-state index in [4.69, 9.17) is 9.47 Å². The zero-order valence-electron chi connectivity index (χ0n) is 9.25. The summed E-state index contributed by atoms with van der Waals surface area (Å²) in [5.41, 5.74) is 1.31. The number of nitrogens with one attached hydrogen (secondary N) is 1. The number of hydrogen-bond acceptors (Lipinski definition) is 3. The van der Waals surface area contributed by atoms with E-state index in [0.717, 1.165) is 24.3 Å². The number of benzene rings is 1. The molecule has 0 aliphatic carbocycles. The third kappa shape index (κ3) is 2.42. The summed E-state index contributed by atoms with van der Waals surface area (Å²) in [7, 11) is 1.99. The second-order valence-electron chi connectivity index (χ2n) is 3.92. The van der Waals surface area contributed by atoms with Gasteiger partial charge in [0.05, 0.1) is 0 Å². The Balaban J connectivity index is 1.98. The summed E-state index contributed by atoms with van der Waals surface area (Å²) in [6, 6.07) is 6.72. The molecule has 1 heterocycles. The van der Waals surface area contributed by atoms with Crippen molar-refractivity contribution in [3.8, 4) is 11.5 Å². The van der Waals surface area contributed by atoms with Crippen molar-refractivity contribution in [3.63, 3.8) is 0 Å². The van der Waals surface area contributed by atoms with Gasteiger partial charge in [-0.05, 0) is 44.5 Å². The first-order chi connectivity index (χ1) is 7.29. The highest BCUT2D eigenvalue weighted by molar-refractivity contribution is 5.44. The minimum Gasteiger partial charge on any atom is -0.454 e. The Morgan fingerprint density at radius 3 is 2.93 bits per heavy atom. The van der Waals surface area contributed by atoms with Gasteiger partial charge in [0.15, 0.2) is 11.5 Å². The Morgan fingerprint density at radius 1 is 1.33 bits per heavy atom. The second kappa shape index (κ2) is 4.53. The van der Waals surface area contributed by atoms with Crippen molar-refractivity contribution in [2.24, 2.45) is 0 Å². The lowest BCUT2D eigenvalue weighted by Gasteiger charge is -2.09. The zero-order chi connectivity index (χ0) is 10.7. The van der Waals surface area contributed by atoms with Crippen molar-refractivity contribution >= 4 is 0 Å². The van der Waals surface area contributed by atoms with Crippen molar-refractivity contribution in [3.05, 3.63) is 23.8 Å². The van der Waals surface area contributed by atoms with Gasteiger partial charge in [-0.1, -0.05) is 6.07 Å². The van der Waals surface area contributed by atoms with E-state index in [2.05, 4.69) is 24.4 Å². The lowest BCUT2D eigenvalue weighted by Crippen LogP contribution is -2.21. The quantitative estimate of drug-likeness (QED) is 0.818. The van der Waals surface area contributed by atoms with Gasteiger partial charge in [0, 0.05) is 6.04 Å². The van der Waals surface area contributed by atoms with E-state index in [1.807, 2.05) is 13.1 Å². The van der Waals surface area contributed by atoms with Crippen LogP contribution < -0.4 is 14.8 Å². The van der Waals surface area contributed by atoms with Gasteiger partial charge < -0.3 is 14.8 Å². The van der Waals surface area contributed by atoms with Crippen LogP contribution in [0.15, 0.2) is 18.2 Å². The number of aryl methyl sites for hydroxylation is 1. The Kier molecular flexibility index (Phi) is 3.11. The molecule has 0 spiro atoms. The van der Waals surface area contributed by atoms with Crippen molar-refractivity contribution in [1.29, 1.82) is 0 Å². The molecule has 0 bridgehead atoms. The molecule has 0 unspecified atom stereocenters. The minimum absolute atomic E-state index is 0.353. The average Bonchev–Trinajstić information content (AvgIpc) is 2.72. The van der Waals surface area contributed by atoms with Gasteiger partial charge >= 0.3 is 0 Å². The maximum atomic E-state index is 5.33. The van der Waals surface area contributed by atoms with E-state index in [1.54, 1.807) is 0 Å². The van der Waals surface area contributed by atoms with Crippen LogP contribution in [0, 0.1) is 0 Å². The normalized spacial score (nSPS) is 15.3. The molecular weight excluding hydrogens is 190 g/mol. The van der Waals surface area contributed by atoms with Crippen LogP contribution >= 0.6 is 0 Å². The lowest BCUT2D eigenvalue weighted by molar-refractivity contribution is 0.174. The fourth-order valence-electron chi connectivity index (χ4n) is 1.62. The molecule has 0 fully saturated rings. The summed E-state index contributed by atoms with van der Waals surface area (Å²) in [5.74, 6) is 1.74. The Labute approximate surface area is 90.4 Å². The molecule has 1 atom stereocenters. The summed E-state index contributed by atoms with van der Waals surface area (Å²) >= 11 is 0. The van der Waals surface area contributed by atoms with E-state index in [1.165, 1.54) is 5.56 Å². The molecule has 0 aromatic heterocycles. The van der Waals surface area contributed by atoms with E-state index in [-0.39, 0.29) is 0 Å². The van der Waals surface area contributed by atoms with Crippen LogP contribution in [0.3, 0.4) is 0 Å².